The molecule has 2 N–H and O–H groups in total. The van der Waals surface area contributed by atoms with Gasteiger partial charge in [0.2, 0.25) is 5.91 Å². The summed E-state index contributed by atoms with van der Waals surface area (Å²) in [5.41, 5.74) is 8.25. The molecule has 0 radical (unpaired) electrons. The van der Waals surface area contributed by atoms with E-state index < -0.39 is 12.1 Å². The molecule has 6 nitrogen and oxygen atoms in total. The van der Waals surface area contributed by atoms with Crippen molar-refractivity contribution in [3.63, 3.8) is 0 Å². The van der Waals surface area contributed by atoms with Crippen LogP contribution in [0.3, 0.4) is 0 Å². The number of aromatic amines is 1. The number of carbonyl (C=O) groups is 2. The summed E-state index contributed by atoms with van der Waals surface area (Å²) in [7, 11) is 1.33. The molecule has 2 amide bonds. The van der Waals surface area contributed by atoms with Crippen molar-refractivity contribution in [1.29, 1.82) is 0 Å². The van der Waals surface area contributed by atoms with Gasteiger partial charge in [-0.25, -0.2) is 4.79 Å². The van der Waals surface area contributed by atoms with E-state index in [2.05, 4.69) is 29.4 Å². The fourth-order valence-corrected chi connectivity index (χ4v) is 5.48. The van der Waals surface area contributed by atoms with Crippen LogP contribution in [0.5, 0.6) is 0 Å². The van der Waals surface area contributed by atoms with Gasteiger partial charge in [-0.15, -0.1) is 0 Å². The molecular formula is C26H37N3O3. The third-order valence-corrected chi connectivity index (χ3v) is 7.29. The molecule has 1 saturated heterocycles. The Hall–Kier alpha value is -2.50. The third-order valence-electron chi connectivity index (χ3n) is 7.29. The van der Waals surface area contributed by atoms with Crippen LogP contribution >= 0.6 is 0 Å². The smallest absolute Gasteiger partial charge is 0.407 e. The fraction of sp³-hybridized carbons (Fsp3) is 0.615. The lowest BCUT2D eigenvalue weighted by Crippen LogP contribution is -2.51. The fourth-order valence-electron chi connectivity index (χ4n) is 5.48. The van der Waals surface area contributed by atoms with Gasteiger partial charge in [0.1, 0.15) is 6.04 Å². The number of methoxy groups -OCH3 is 1. The Bertz CT molecular complexity index is 940. The van der Waals surface area contributed by atoms with Crippen LogP contribution in [0.2, 0.25) is 0 Å². The van der Waals surface area contributed by atoms with Crippen LogP contribution in [0.1, 0.15) is 87.9 Å². The molecule has 4 rings (SSSR count). The molecule has 2 aliphatic carbocycles. The van der Waals surface area contributed by atoms with Gasteiger partial charge in [0, 0.05) is 17.9 Å². The zero-order valence-electron chi connectivity index (χ0n) is 19.9. The topological polar surface area (TPSA) is 74.4 Å². The standard InChI is InChI=1S/C26H37N3O3/c1-16(2)22(28-26(31)32-4)25(30)29-15-7-10-21(29)24-20-9-6-5-8-19(20)23(27-24)18-13-11-17(3)12-14-18/h11,13,16,21-22,27H,5-10,12,14-15H2,1-4H3,(H,28,31)/t21?,22-/m0/s1. The lowest BCUT2D eigenvalue weighted by molar-refractivity contribution is -0.135. The largest absolute Gasteiger partial charge is 0.453 e. The summed E-state index contributed by atoms with van der Waals surface area (Å²) in [6.07, 6.45) is 12.7. The molecule has 1 aromatic heterocycles. The van der Waals surface area contributed by atoms with Crippen LogP contribution in [0.15, 0.2) is 17.7 Å². The highest BCUT2D eigenvalue weighted by atomic mass is 16.5. The van der Waals surface area contributed by atoms with Crippen LogP contribution in [0, 0.1) is 5.92 Å². The van der Waals surface area contributed by atoms with Gasteiger partial charge >= 0.3 is 6.09 Å². The first-order valence-electron chi connectivity index (χ1n) is 12.2. The second-order valence-corrected chi connectivity index (χ2v) is 9.83. The number of rotatable bonds is 5. The van der Waals surface area contributed by atoms with Crippen LogP contribution in [0.25, 0.3) is 5.57 Å². The summed E-state index contributed by atoms with van der Waals surface area (Å²) in [5, 5.41) is 2.76. The lowest BCUT2D eigenvalue weighted by atomic mass is 9.87. The normalized spacial score (nSPS) is 21.7. The Morgan fingerprint density at radius 2 is 1.84 bits per heavy atom. The number of hydrogen-bond donors (Lipinski definition) is 2. The molecule has 2 heterocycles. The maximum absolute atomic E-state index is 13.6. The molecule has 0 saturated carbocycles. The number of ether oxygens (including phenoxy) is 1. The quantitative estimate of drug-likeness (QED) is 0.673. The van der Waals surface area contributed by atoms with Crippen molar-refractivity contribution in [2.45, 2.75) is 84.2 Å². The summed E-state index contributed by atoms with van der Waals surface area (Å²) in [5.74, 6) is -0.0255. The molecule has 0 bridgehead atoms. The lowest BCUT2D eigenvalue weighted by Gasteiger charge is -2.31. The highest BCUT2D eigenvalue weighted by Crippen LogP contribution is 2.41. The van der Waals surface area contributed by atoms with Gasteiger partial charge in [0.15, 0.2) is 0 Å². The number of hydrogen-bond acceptors (Lipinski definition) is 3. The first kappa shape index (κ1) is 22.7. The van der Waals surface area contributed by atoms with Crippen molar-refractivity contribution in [2.24, 2.45) is 5.92 Å². The molecule has 0 aromatic carbocycles. The maximum atomic E-state index is 13.6. The van der Waals surface area contributed by atoms with E-state index in [1.165, 1.54) is 53.6 Å². The number of fused-ring (bicyclic) bond motifs is 1. The first-order valence-corrected chi connectivity index (χ1v) is 12.2. The minimum absolute atomic E-state index is 0.0101. The molecule has 1 aliphatic heterocycles. The van der Waals surface area contributed by atoms with Gasteiger partial charge in [0.25, 0.3) is 0 Å². The van der Waals surface area contributed by atoms with Gasteiger partial charge in [-0.05, 0) is 80.9 Å². The van der Waals surface area contributed by atoms with Crippen LogP contribution in [0.4, 0.5) is 4.79 Å². The van der Waals surface area contributed by atoms with Crippen LogP contribution in [-0.4, -0.2) is 41.6 Å². The van der Waals surface area contributed by atoms with Crippen molar-refractivity contribution in [3.8, 4) is 0 Å². The van der Waals surface area contributed by atoms with Crippen molar-refractivity contribution in [2.75, 3.05) is 13.7 Å². The number of alkyl carbamates (subject to hydrolysis) is 1. The molecular weight excluding hydrogens is 402 g/mol. The van der Waals surface area contributed by atoms with Crippen LogP contribution in [-0.2, 0) is 22.4 Å². The number of likely N-dealkylation sites (tertiary alicyclic amines) is 1. The Morgan fingerprint density at radius 1 is 1.09 bits per heavy atom. The van der Waals surface area contributed by atoms with E-state index in [9.17, 15) is 9.59 Å². The Labute approximate surface area is 191 Å². The van der Waals surface area contributed by atoms with Gasteiger partial charge in [-0.2, -0.15) is 0 Å². The molecule has 1 aromatic rings. The van der Waals surface area contributed by atoms with E-state index in [0.29, 0.717) is 0 Å². The SMILES string of the molecule is COC(=O)N[C@H](C(=O)N1CCCC1c1[nH]c(C2=CC=C(C)CC2)c2c1CCCC2)C(C)C. The second-order valence-electron chi connectivity index (χ2n) is 9.83. The molecule has 0 spiro atoms. The number of nitrogens with one attached hydrogen (secondary N) is 2. The zero-order chi connectivity index (χ0) is 22.8. The molecule has 6 heteroatoms. The predicted molar refractivity (Wildman–Crippen MR) is 126 cm³/mol. The highest BCUT2D eigenvalue weighted by molar-refractivity contribution is 5.86. The summed E-state index contributed by atoms with van der Waals surface area (Å²) < 4.78 is 4.77. The molecule has 174 valence electrons. The zero-order valence-corrected chi connectivity index (χ0v) is 19.9. The maximum Gasteiger partial charge on any atom is 0.407 e. The van der Waals surface area contributed by atoms with Crippen molar-refractivity contribution in [3.05, 3.63) is 40.2 Å². The summed E-state index contributed by atoms with van der Waals surface area (Å²) in [4.78, 5) is 31.2. The van der Waals surface area contributed by atoms with Gasteiger partial charge in [-0.3, -0.25) is 4.79 Å². The molecule has 1 unspecified atom stereocenters. The van der Waals surface area contributed by atoms with E-state index in [0.717, 1.165) is 45.1 Å². The van der Waals surface area contributed by atoms with Crippen molar-refractivity contribution in [1.82, 2.24) is 15.2 Å². The number of H-pyrrole nitrogens is 1. The number of nitrogens with zero attached hydrogens (tertiary/aromatic N) is 1. The Balaban J connectivity index is 1.67. The van der Waals surface area contributed by atoms with E-state index in [4.69, 9.17) is 4.74 Å². The Kier molecular flexibility index (Phi) is 6.77. The number of amides is 2. The minimum atomic E-state index is -0.581. The number of carbonyl (C=O) groups excluding carboxylic acids is 2. The van der Waals surface area contributed by atoms with Crippen molar-refractivity contribution >= 4 is 17.6 Å². The molecule has 2 atom stereocenters. The van der Waals surface area contributed by atoms with Gasteiger partial charge in [-0.1, -0.05) is 31.6 Å². The van der Waals surface area contributed by atoms with E-state index in [1.54, 1.807) is 0 Å². The summed E-state index contributed by atoms with van der Waals surface area (Å²) in [6.45, 7) is 6.84. The molecule has 1 fully saturated rings. The predicted octanol–water partition coefficient (Wildman–Crippen LogP) is 5.06. The van der Waals surface area contributed by atoms with Gasteiger partial charge < -0.3 is 19.9 Å². The Morgan fingerprint density at radius 3 is 2.50 bits per heavy atom. The van der Waals surface area contributed by atoms with E-state index in [1.807, 2.05) is 18.7 Å². The molecule has 3 aliphatic rings. The number of allylic oxidation sites excluding steroid dienone is 4. The van der Waals surface area contributed by atoms with Crippen molar-refractivity contribution < 1.29 is 14.3 Å². The first-order chi connectivity index (χ1) is 15.4. The third kappa shape index (κ3) is 4.37. The average molecular weight is 440 g/mol. The summed E-state index contributed by atoms with van der Waals surface area (Å²) in [6, 6.07) is -0.535. The average Bonchev–Trinajstić information content (AvgIpc) is 3.42. The van der Waals surface area contributed by atoms with E-state index >= 15 is 0 Å². The second kappa shape index (κ2) is 9.55. The highest BCUT2D eigenvalue weighted by Gasteiger charge is 2.39. The minimum Gasteiger partial charge on any atom is -0.453 e. The van der Waals surface area contributed by atoms with Crippen LogP contribution < -0.4 is 5.32 Å². The monoisotopic (exact) mass is 439 g/mol. The number of aromatic nitrogens is 1. The summed E-state index contributed by atoms with van der Waals surface area (Å²) >= 11 is 0. The molecule has 32 heavy (non-hydrogen) atoms. The van der Waals surface area contributed by atoms with E-state index in [-0.39, 0.29) is 17.9 Å². The van der Waals surface area contributed by atoms with Gasteiger partial charge in [0.05, 0.1) is 13.2 Å².